The fraction of sp³-hybridized carbons (Fsp3) is 0.188. The number of fused-ring (bicyclic) bond motifs is 1. The number of Topliss-reactive ketones (excluding diaryl/α,β-unsaturated/α-hetero) is 1. The minimum Gasteiger partial charge on any atom is -0.309 e. The first-order valence-corrected chi connectivity index (χ1v) is 6.11. The molecular formula is C16H15NO. The highest BCUT2D eigenvalue weighted by atomic mass is 16.1. The highest BCUT2D eigenvalue weighted by Crippen LogP contribution is 2.27. The van der Waals surface area contributed by atoms with Crippen molar-refractivity contribution in [2.45, 2.75) is 20.0 Å². The van der Waals surface area contributed by atoms with Crippen molar-refractivity contribution in [3.05, 3.63) is 59.2 Å². The smallest absolute Gasteiger partial charge is 0.160 e. The second-order valence-electron chi connectivity index (χ2n) is 4.63. The molecule has 1 aliphatic heterocycles. The lowest BCUT2D eigenvalue weighted by Gasteiger charge is -2.08. The zero-order valence-electron chi connectivity index (χ0n) is 11.3. The fourth-order valence-corrected chi connectivity index (χ4v) is 2.43. The number of nitrogens with one attached hydrogen (secondary N) is 1. The molecule has 1 heterocycles. The monoisotopic (exact) mass is 238 g/mol. The summed E-state index contributed by atoms with van der Waals surface area (Å²) in [4.78, 5) is 11.7. The van der Waals surface area contributed by atoms with Crippen LogP contribution in [0.5, 0.6) is 0 Å². The van der Waals surface area contributed by atoms with Crippen LogP contribution in [0.25, 0.3) is 11.1 Å². The Kier molecular flexibility index (Phi) is 2.45. The molecule has 3 rings (SSSR count). The van der Waals surface area contributed by atoms with Crippen molar-refractivity contribution in [3.8, 4) is 11.1 Å². The predicted octanol–water partition coefficient (Wildman–Crippen LogP) is 3.16. The summed E-state index contributed by atoms with van der Waals surface area (Å²) in [5, 5.41) is 1.55. The van der Waals surface area contributed by atoms with Crippen LogP contribution < -0.4 is 5.31 Å². The molecule has 2 heteroatoms. The number of rotatable bonds is 2. The summed E-state index contributed by atoms with van der Waals surface area (Å²) >= 11 is 0. The van der Waals surface area contributed by atoms with Gasteiger partial charge in [-0.1, -0.05) is 36.4 Å². The summed E-state index contributed by atoms with van der Waals surface area (Å²) < 4.78 is 7.68. The van der Waals surface area contributed by atoms with E-state index in [1.54, 1.807) is 12.2 Å². The van der Waals surface area contributed by atoms with Gasteiger partial charge < -0.3 is 5.31 Å². The molecule has 18 heavy (non-hydrogen) atoms. The van der Waals surface area contributed by atoms with E-state index in [-0.39, 0.29) is 5.78 Å². The van der Waals surface area contributed by atoms with E-state index >= 15 is 0 Å². The average Bonchev–Trinajstić information content (AvgIpc) is 2.77. The number of carbonyl (C=O) groups excluding carboxylic acids is 1. The third kappa shape index (κ3) is 1.85. The highest BCUT2D eigenvalue weighted by Gasteiger charge is 2.13. The van der Waals surface area contributed by atoms with Crippen LogP contribution in [0.2, 0.25) is 1.41 Å². The lowest BCUT2D eigenvalue weighted by molar-refractivity contribution is 0.101. The van der Waals surface area contributed by atoms with E-state index in [0.29, 0.717) is 13.1 Å². The molecule has 0 bridgehead atoms. The molecule has 0 amide bonds. The normalized spacial score (nSPS) is 15.3. The van der Waals surface area contributed by atoms with Crippen molar-refractivity contribution in [2.75, 3.05) is 0 Å². The molecule has 0 aromatic heterocycles. The molecule has 1 N–H and O–H groups in total. The van der Waals surface area contributed by atoms with E-state index in [1.807, 2.05) is 30.3 Å². The Balaban J connectivity index is 2.09. The van der Waals surface area contributed by atoms with Gasteiger partial charge in [-0.05, 0) is 35.2 Å². The summed E-state index contributed by atoms with van der Waals surface area (Å²) in [6.07, 6.45) is 0. The quantitative estimate of drug-likeness (QED) is 0.814. The molecule has 0 atom stereocenters. The van der Waals surface area contributed by atoms with Crippen molar-refractivity contribution in [3.63, 3.8) is 0 Å². The SMILES string of the molecule is [2H]N1Cc2ccc(-c3ccccc3C(C)=O)cc2C1. The predicted molar refractivity (Wildman–Crippen MR) is 72.4 cm³/mol. The molecule has 90 valence electrons. The molecule has 2 aromatic rings. The van der Waals surface area contributed by atoms with E-state index in [1.165, 1.54) is 11.1 Å². The zero-order chi connectivity index (χ0) is 13.4. The van der Waals surface area contributed by atoms with Crippen LogP contribution in [-0.2, 0) is 13.1 Å². The van der Waals surface area contributed by atoms with E-state index < -0.39 is 0 Å². The molecule has 0 saturated carbocycles. The molecule has 1 aliphatic rings. The largest absolute Gasteiger partial charge is 0.309 e. The Bertz CT molecular complexity index is 651. The lowest BCUT2D eigenvalue weighted by Crippen LogP contribution is -1.99. The van der Waals surface area contributed by atoms with Crippen molar-refractivity contribution < 1.29 is 6.21 Å². The third-order valence-electron chi connectivity index (χ3n) is 3.39. The minimum absolute atomic E-state index is 0.0817. The average molecular weight is 238 g/mol. The zero-order valence-corrected chi connectivity index (χ0v) is 10.3. The summed E-state index contributed by atoms with van der Waals surface area (Å²) in [6, 6.07) is 13.9. The van der Waals surface area contributed by atoms with Crippen LogP contribution >= 0.6 is 0 Å². The number of hydrogen-bond donors (Lipinski definition) is 1. The van der Waals surface area contributed by atoms with Crippen LogP contribution in [0.15, 0.2) is 42.5 Å². The van der Waals surface area contributed by atoms with Crippen LogP contribution in [0, 0.1) is 0 Å². The minimum atomic E-state index is 0.0817. The highest BCUT2D eigenvalue weighted by molar-refractivity contribution is 6.00. The number of benzene rings is 2. The third-order valence-corrected chi connectivity index (χ3v) is 3.39. The molecule has 0 unspecified atom stereocenters. The van der Waals surface area contributed by atoms with Gasteiger partial charge in [-0.2, -0.15) is 0 Å². The maximum absolute atomic E-state index is 11.7. The standard InChI is InChI=1S/C16H15NO/c1-11(18)15-4-2-3-5-16(15)12-6-7-13-9-17-10-14(13)8-12/h2-8,17H,9-10H2,1H3/i/hD. The second kappa shape index (κ2) is 4.39. The molecule has 0 radical (unpaired) electrons. The van der Waals surface area contributed by atoms with Gasteiger partial charge in [0.15, 0.2) is 5.78 Å². The van der Waals surface area contributed by atoms with E-state index in [4.69, 9.17) is 1.41 Å². The van der Waals surface area contributed by atoms with Gasteiger partial charge in [0.1, 0.15) is 1.41 Å². The molecule has 2 nitrogen and oxygen atoms in total. The van der Waals surface area contributed by atoms with Gasteiger partial charge in [-0.15, -0.1) is 0 Å². The van der Waals surface area contributed by atoms with Crippen LogP contribution in [0.3, 0.4) is 0 Å². The molecule has 0 saturated heterocycles. The van der Waals surface area contributed by atoms with Crippen molar-refractivity contribution in [1.82, 2.24) is 5.31 Å². The first-order chi connectivity index (χ1) is 9.15. The summed E-state index contributed by atoms with van der Waals surface area (Å²) in [5.74, 6) is 0.0817. The van der Waals surface area contributed by atoms with Crippen molar-refractivity contribution >= 4 is 5.78 Å². The summed E-state index contributed by atoms with van der Waals surface area (Å²) in [7, 11) is 0. The Morgan fingerprint density at radius 3 is 2.78 bits per heavy atom. The maximum atomic E-state index is 11.7. The van der Waals surface area contributed by atoms with Gasteiger partial charge in [0.25, 0.3) is 0 Å². The maximum Gasteiger partial charge on any atom is 0.160 e. The summed E-state index contributed by atoms with van der Waals surface area (Å²) in [5.41, 5.74) is 5.18. The second-order valence-corrected chi connectivity index (χ2v) is 4.63. The van der Waals surface area contributed by atoms with E-state index in [0.717, 1.165) is 16.7 Å². The Morgan fingerprint density at radius 1 is 1.17 bits per heavy atom. The Labute approximate surface area is 108 Å². The fourth-order valence-electron chi connectivity index (χ4n) is 2.43. The van der Waals surface area contributed by atoms with Crippen LogP contribution in [-0.4, -0.2) is 5.78 Å². The van der Waals surface area contributed by atoms with Crippen LogP contribution in [0.4, 0.5) is 0 Å². The molecule has 2 aromatic carbocycles. The molecular weight excluding hydrogens is 222 g/mol. The van der Waals surface area contributed by atoms with Crippen LogP contribution in [0.1, 0.15) is 28.4 Å². The van der Waals surface area contributed by atoms with Crippen molar-refractivity contribution in [2.24, 2.45) is 0 Å². The molecule has 0 fully saturated rings. The number of hydrogen-bond acceptors (Lipinski definition) is 2. The van der Waals surface area contributed by atoms with E-state index in [2.05, 4.69) is 12.1 Å². The van der Waals surface area contributed by atoms with Gasteiger partial charge in [0.2, 0.25) is 0 Å². The molecule has 0 spiro atoms. The summed E-state index contributed by atoms with van der Waals surface area (Å²) in [6.45, 7) is 2.94. The Hall–Kier alpha value is -1.93. The molecule has 0 aliphatic carbocycles. The number of carbonyl (C=O) groups is 1. The van der Waals surface area contributed by atoms with E-state index in [9.17, 15) is 4.79 Å². The topological polar surface area (TPSA) is 29.1 Å². The van der Waals surface area contributed by atoms with Gasteiger partial charge in [0.05, 0.1) is 0 Å². The Morgan fingerprint density at radius 2 is 1.94 bits per heavy atom. The first kappa shape index (κ1) is 10.0. The lowest BCUT2D eigenvalue weighted by atomic mass is 9.95. The van der Waals surface area contributed by atoms with Gasteiger partial charge in [0, 0.05) is 18.7 Å². The number of ketones is 1. The van der Waals surface area contributed by atoms with Gasteiger partial charge in [-0.3, -0.25) is 4.79 Å². The van der Waals surface area contributed by atoms with Crippen molar-refractivity contribution in [1.29, 1.82) is 0 Å². The van der Waals surface area contributed by atoms with Gasteiger partial charge in [-0.25, -0.2) is 0 Å². The first-order valence-electron chi connectivity index (χ1n) is 6.56. The van der Waals surface area contributed by atoms with Gasteiger partial charge >= 0.3 is 0 Å².